The topological polar surface area (TPSA) is 49.3 Å². The second-order valence-corrected chi connectivity index (χ2v) is 9.96. The van der Waals surface area contributed by atoms with Crippen molar-refractivity contribution in [1.29, 1.82) is 0 Å². The molecule has 0 saturated carbocycles. The number of carbonyl (C=O) groups is 1. The smallest absolute Gasteiger partial charge is 0.220 e. The molecule has 0 aliphatic heterocycles. The number of aliphatic hydroxyl groups is 1. The van der Waals surface area contributed by atoms with Crippen LogP contribution in [-0.2, 0) is 4.79 Å². The van der Waals surface area contributed by atoms with Crippen LogP contribution in [0.1, 0.15) is 31.9 Å². The highest BCUT2D eigenvalue weighted by molar-refractivity contribution is 7.73. The van der Waals surface area contributed by atoms with Gasteiger partial charge in [0, 0.05) is 14.8 Å². The number of hydrogen-bond donors (Lipinski definition) is 2. The van der Waals surface area contributed by atoms with Crippen molar-refractivity contribution in [2.24, 2.45) is 0 Å². The molecule has 5 heteroatoms. The minimum absolute atomic E-state index is 0. The third-order valence-corrected chi connectivity index (χ3v) is 7.77. The van der Waals surface area contributed by atoms with E-state index in [1.54, 1.807) is 0 Å². The summed E-state index contributed by atoms with van der Waals surface area (Å²) < 4.78 is 0. The van der Waals surface area contributed by atoms with E-state index in [0.29, 0.717) is 6.42 Å². The van der Waals surface area contributed by atoms with Gasteiger partial charge < -0.3 is 10.4 Å². The summed E-state index contributed by atoms with van der Waals surface area (Å²) in [6.07, 6.45) is -0.304. The van der Waals surface area contributed by atoms with Gasteiger partial charge >= 0.3 is 0 Å². The van der Waals surface area contributed by atoms with Crippen molar-refractivity contribution in [2.75, 3.05) is 0 Å². The molecule has 0 saturated heterocycles. The molecule has 153 valence electrons. The maximum Gasteiger partial charge on any atom is 0.220 e. The van der Waals surface area contributed by atoms with Gasteiger partial charge in [-0.2, -0.15) is 0 Å². The van der Waals surface area contributed by atoms with E-state index < -0.39 is 14.0 Å². The van der Waals surface area contributed by atoms with Crippen LogP contribution in [0.5, 0.6) is 0 Å². The molecular weight excluding hydrogens is 388 g/mol. The van der Waals surface area contributed by atoms with Crippen LogP contribution in [0.3, 0.4) is 0 Å². The quantitative estimate of drug-likeness (QED) is 0.434. The van der Waals surface area contributed by atoms with Crippen molar-refractivity contribution >= 4 is 32.9 Å². The summed E-state index contributed by atoms with van der Waals surface area (Å²) in [4.78, 5) is 12.8. The summed E-state index contributed by atoms with van der Waals surface area (Å²) in [5.74, 6) is -0.0284. The maximum absolute atomic E-state index is 12.8. The first-order chi connectivity index (χ1) is 14.1. The van der Waals surface area contributed by atoms with E-state index in [1.165, 1.54) is 10.6 Å². The molecule has 0 aromatic heterocycles. The Labute approximate surface area is 182 Å². The van der Waals surface area contributed by atoms with Crippen molar-refractivity contribution < 1.29 is 9.90 Å². The Morgan fingerprint density at radius 3 is 1.73 bits per heavy atom. The van der Waals surface area contributed by atoms with E-state index >= 15 is 0 Å². The fourth-order valence-corrected chi connectivity index (χ4v) is 6.18. The van der Waals surface area contributed by atoms with Crippen molar-refractivity contribution in [1.82, 2.24) is 5.32 Å². The number of rotatable bonds is 8. The average Bonchev–Trinajstić information content (AvgIpc) is 2.75. The van der Waals surface area contributed by atoms with Crippen LogP contribution in [0.25, 0.3) is 0 Å². The van der Waals surface area contributed by atoms with Crippen molar-refractivity contribution in [3.63, 3.8) is 0 Å². The fraction of sp³-hybridized carbons (Fsp3) is 0.240. The van der Waals surface area contributed by atoms with Crippen LogP contribution in [0.15, 0.2) is 91.0 Å². The van der Waals surface area contributed by atoms with E-state index in [4.69, 9.17) is 0 Å². The standard InChI is InChI=1S/C25H28NO2P.B/c1-19(18-24(27)26-20(2)25(28)21-12-6-3-7-13-21)29(22-14-8-4-9-15-22)23-16-10-5-11-17-23;/h3-17,19-20,25,28H,18H2,1-2H3,(H,26,27);/t19-,20+,25+;/m0./s1. The van der Waals surface area contributed by atoms with Gasteiger partial charge in [-0.25, -0.2) is 0 Å². The SMILES string of the molecule is C[C@@H](NC(=O)C[C@H](C)P(c1ccccc1)c1ccccc1)[C@@H](O)c1ccccc1.[B]. The molecule has 0 aliphatic rings. The average molecular weight is 416 g/mol. The lowest BCUT2D eigenvalue weighted by molar-refractivity contribution is -0.122. The number of amides is 1. The molecule has 2 N–H and O–H groups in total. The van der Waals surface area contributed by atoms with E-state index in [2.05, 4.69) is 60.8 Å². The Kier molecular flexibility index (Phi) is 9.30. The third-order valence-electron chi connectivity index (χ3n) is 4.99. The number of nitrogens with one attached hydrogen (secondary N) is 1. The van der Waals surface area contributed by atoms with Gasteiger partial charge in [0.15, 0.2) is 0 Å². The zero-order valence-electron chi connectivity index (χ0n) is 17.5. The van der Waals surface area contributed by atoms with Crippen LogP contribution >= 0.6 is 7.92 Å². The van der Waals surface area contributed by atoms with Gasteiger partial charge in [0.1, 0.15) is 0 Å². The molecule has 0 unspecified atom stereocenters. The highest BCUT2D eigenvalue weighted by atomic mass is 31.1. The Hall–Kier alpha value is -2.42. The maximum atomic E-state index is 12.8. The number of carbonyl (C=O) groups excluding carboxylic acids is 1. The van der Waals surface area contributed by atoms with Crippen molar-refractivity contribution in [3.05, 3.63) is 96.6 Å². The van der Waals surface area contributed by atoms with Crippen LogP contribution in [-0.4, -0.2) is 31.1 Å². The second kappa shape index (κ2) is 11.7. The Balaban J connectivity index is 0.00000320. The lowest BCUT2D eigenvalue weighted by Crippen LogP contribution is -2.38. The second-order valence-electron chi connectivity index (χ2n) is 7.31. The Bertz CT molecular complexity index is 853. The van der Waals surface area contributed by atoms with E-state index in [9.17, 15) is 9.90 Å². The lowest BCUT2D eigenvalue weighted by Gasteiger charge is -2.27. The summed E-state index contributed by atoms with van der Waals surface area (Å²) in [6.45, 7) is 3.99. The van der Waals surface area contributed by atoms with Gasteiger partial charge in [0.25, 0.3) is 0 Å². The highest BCUT2D eigenvalue weighted by Gasteiger charge is 2.25. The molecule has 0 heterocycles. The molecule has 0 aliphatic carbocycles. The number of benzene rings is 3. The van der Waals surface area contributed by atoms with Gasteiger partial charge in [-0.3, -0.25) is 4.79 Å². The summed E-state index contributed by atoms with van der Waals surface area (Å²) in [5.41, 5.74) is 0.986. The monoisotopic (exact) mass is 416 g/mol. The predicted octanol–water partition coefficient (Wildman–Crippen LogP) is 3.76. The van der Waals surface area contributed by atoms with Gasteiger partial charge in [0.2, 0.25) is 5.91 Å². The summed E-state index contributed by atoms with van der Waals surface area (Å²) in [5, 5.41) is 16.1. The molecule has 1 amide bonds. The predicted molar refractivity (Wildman–Crippen MR) is 128 cm³/mol. The van der Waals surface area contributed by atoms with Crippen LogP contribution in [0.4, 0.5) is 0 Å². The summed E-state index contributed by atoms with van der Waals surface area (Å²) in [6, 6.07) is 29.9. The van der Waals surface area contributed by atoms with Gasteiger partial charge in [-0.1, -0.05) is 97.9 Å². The van der Waals surface area contributed by atoms with Crippen LogP contribution in [0.2, 0.25) is 0 Å². The highest BCUT2D eigenvalue weighted by Crippen LogP contribution is 2.40. The number of hydrogen-bond acceptors (Lipinski definition) is 2. The minimum atomic E-state index is -0.722. The first-order valence-electron chi connectivity index (χ1n) is 9.98. The fourth-order valence-electron chi connectivity index (χ4n) is 3.53. The molecule has 3 nitrogen and oxygen atoms in total. The van der Waals surface area contributed by atoms with Crippen molar-refractivity contribution in [3.8, 4) is 0 Å². The first-order valence-corrected chi connectivity index (χ1v) is 11.4. The Morgan fingerprint density at radius 2 is 1.27 bits per heavy atom. The molecule has 0 bridgehead atoms. The molecule has 0 fully saturated rings. The molecular formula is C25H28BNO2P. The molecule has 3 radical (unpaired) electrons. The van der Waals surface area contributed by atoms with Gasteiger partial charge in [-0.05, 0) is 36.7 Å². The zero-order chi connectivity index (χ0) is 20.6. The first kappa shape index (κ1) is 23.9. The molecule has 0 spiro atoms. The number of aliphatic hydroxyl groups excluding tert-OH is 1. The molecule has 3 aromatic rings. The van der Waals surface area contributed by atoms with Crippen molar-refractivity contribution in [2.45, 2.75) is 38.1 Å². The molecule has 3 atom stereocenters. The van der Waals surface area contributed by atoms with Crippen LogP contribution < -0.4 is 15.9 Å². The Morgan fingerprint density at radius 1 is 0.833 bits per heavy atom. The van der Waals surface area contributed by atoms with E-state index in [-0.39, 0.29) is 26.0 Å². The third kappa shape index (κ3) is 6.29. The lowest BCUT2D eigenvalue weighted by atomic mass is 10.0. The van der Waals surface area contributed by atoms with E-state index in [1.807, 2.05) is 49.4 Å². The normalized spacial score (nSPS) is 13.7. The van der Waals surface area contributed by atoms with Gasteiger partial charge in [0.05, 0.1) is 12.1 Å². The zero-order valence-corrected chi connectivity index (χ0v) is 18.4. The summed E-state index contributed by atoms with van der Waals surface area (Å²) in [7, 11) is -0.652. The minimum Gasteiger partial charge on any atom is -0.386 e. The molecule has 3 rings (SSSR count). The summed E-state index contributed by atoms with van der Waals surface area (Å²) >= 11 is 0. The van der Waals surface area contributed by atoms with Crippen LogP contribution in [0, 0.1) is 0 Å². The molecule has 30 heavy (non-hydrogen) atoms. The largest absolute Gasteiger partial charge is 0.386 e. The van der Waals surface area contributed by atoms with Gasteiger partial charge in [-0.15, -0.1) is 0 Å². The van der Waals surface area contributed by atoms with E-state index in [0.717, 1.165) is 5.56 Å². The molecule has 3 aromatic carbocycles.